The van der Waals surface area contributed by atoms with Crippen LogP contribution in [-0.4, -0.2) is 32.3 Å². The Bertz CT molecular complexity index is 818. The van der Waals surface area contributed by atoms with Gasteiger partial charge in [0.05, 0.1) is 5.75 Å². The summed E-state index contributed by atoms with van der Waals surface area (Å²) in [5, 5.41) is 10.3. The highest BCUT2D eigenvalue weighted by molar-refractivity contribution is 7.99. The highest BCUT2D eigenvalue weighted by atomic mass is 32.2. The van der Waals surface area contributed by atoms with Gasteiger partial charge in [0.15, 0.2) is 5.78 Å². The fraction of sp³-hybridized carbons (Fsp3) is 0.214. The number of benzene rings is 1. The van der Waals surface area contributed by atoms with Gasteiger partial charge in [0, 0.05) is 11.3 Å². The molecule has 8 nitrogen and oxygen atoms in total. The van der Waals surface area contributed by atoms with Gasteiger partial charge in [-0.05, 0) is 26.0 Å². The number of aromatic nitrogens is 3. The molecule has 1 aromatic carbocycles. The smallest absolute Gasteiger partial charge is 0.294 e. The SMILES string of the molecule is CC(=O)c1cccc(NC(=O)CSc2nnc(C)c(=O)n2N)c1. The molecule has 2 aromatic rings. The lowest BCUT2D eigenvalue weighted by molar-refractivity contribution is -0.113. The summed E-state index contributed by atoms with van der Waals surface area (Å²) in [6, 6.07) is 6.62. The van der Waals surface area contributed by atoms with E-state index in [2.05, 4.69) is 15.5 Å². The lowest BCUT2D eigenvalue weighted by Crippen LogP contribution is -2.32. The molecule has 0 aliphatic rings. The molecule has 120 valence electrons. The van der Waals surface area contributed by atoms with Crippen molar-refractivity contribution in [1.29, 1.82) is 0 Å². The number of hydrogen-bond donors (Lipinski definition) is 2. The first kappa shape index (κ1) is 16.7. The second-order valence-corrected chi connectivity index (χ2v) is 5.66. The van der Waals surface area contributed by atoms with Crippen LogP contribution in [0.4, 0.5) is 5.69 Å². The number of nitrogens with two attached hydrogens (primary N) is 1. The van der Waals surface area contributed by atoms with E-state index in [1.165, 1.54) is 13.8 Å². The topological polar surface area (TPSA) is 120 Å². The molecule has 0 saturated carbocycles. The average Bonchev–Trinajstić information content (AvgIpc) is 2.52. The Hall–Kier alpha value is -2.68. The summed E-state index contributed by atoms with van der Waals surface area (Å²) >= 11 is 0.993. The quantitative estimate of drug-likeness (QED) is 0.467. The fourth-order valence-electron chi connectivity index (χ4n) is 1.71. The van der Waals surface area contributed by atoms with Crippen molar-refractivity contribution >= 4 is 29.1 Å². The van der Waals surface area contributed by atoms with Crippen molar-refractivity contribution in [3.8, 4) is 0 Å². The number of thioether (sulfide) groups is 1. The van der Waals surface area contributed by atoms with Crippen LogP contribution in [-0.2, 0) is 4.79 Å². The van der Waals surface area contributed by atoms with Crippen molar-refractivity contribution < 1.29 is 9.59 Å². The molecular formula is C14H15N5O3S. The summed E-state index contributed by atoms with van der Waals surface area (Å²) in [5.41, 5.74) is 0.749. The van der Waals surface area contributed by atoms with Crippen LogP contribution in [0.5, 0.6) is 0 Å². The number of nitrogens with zero attached hydrogens (tertiary/aromatic N) is 3. The molecule has 0 aliphatic heterocycles. The molecule has 0 fully saturated rings. The van der Waals surface area contributed by atoms with Crippen LogP contribution in [0, 0.1) is 6.92 Å². The monoisotopic (exact) mass is 333 g/mol. The maximum Gasteiger partial charge on any atom is 0.294 e. The molecule has 0 atom stereocenters. The molecule has 0 unspecified atom stereocenters. The Kier molecular flexibility index (Phi) is 5.12. The number of nitrogens with one attached hydrogen (secondary N) is 1. The minimum absolute atomic E-state index is 0.00131. The van der Waals surface area contributed by atoms with Crippen molar-refractivity contribution in [3.05, 3.63) is 45.9 Å². The van der Waals surface area contributed by atoms with E-state index in [9.17, 15) is 14.4 Å². The van der Waals surface area contributed by atoms with Gasteiger partial charge >= 0.3 is 0 Å². The van der Waals surface area contributed by atoms with E-state index in [0.717, 1.165) is 16.4 Å². The van der Waals surface area contributed by atoms with Crippen LogP contribution < -0.4 is 16.7 Å². The number of aryl methyl sites for hydroxylation is 1. The minimum atomic E-state index is -0.461. The molecule has 1 heterocycles. The molecule has 0 aliphatic carbocycles. The van der Waals surface area contributed by atoms with Crippen molar-refractivity contribution in [1.82, 2.24) is 14.9 Å². The van der Waals surface area contributed by atoms with E-state index in [0.29, 0.717) is 11.3 Å². The second-order valence-electron chi connectivity index (χ2n) is 4.72. The molecule has 2 rings (SSSR count). The van der Waals surface area contributed by atoms with Gasteiger partial charge in [-0.2, -0.15) is 4.68 Å². The number of carbonyl (C=O) groups is 2. The fourth-order valence-corrected chi connectivity index (χ4v) is 2.36. The average molecular weight is 333 g/mol. The summed E-state index contributed by atoms with van der Waals surface area (Å²) < 4.78 is 0.858. The predicted molar refractivity (Wildman–Crippen MR) is 87.0 cm³/mol. The lowest BCUT2D eigenvalue weighted by Gasteiger charge is -2.07. The van der Waals surface area contributed by atoms with E-state index >= 15 is 0 Å². The van der Waals surface area contributed by atoms with Gasteiger partial charge in [-0.25, -0.2) is 0 Å². The number of amides is 1. The number of carbonyl (C=O) groups excluding carboxylic acids is 2. The van der Waals surface area contributed by atoms with E-state index in [-0.39, 0.29) is 28.3 Å². The van der Waals surface area contributed by atoms with Gasteiger partial charge in [0.2, 0.25) is 11.1 Å². The number of Topliss-reactive ketones (excluding diaryl/α,β-unsaturated/α-hetero) is 1. The zero-order valence-corrected chi connectivity index (χ0v) is 13.4. The Morgan fingerprint density at radius 1 is 1.35 bits per heavy atom. The molecule has 23 heavy (non-hydrogen) atoms. The van der Waals surface area contributed by atoms with Crippen LogP contribution in [0.25, 0.3) is 0 Å². The first-order valence-corrected chi connectivity index (χ1v) is 7.62. The normalized spacial score (nSPS) is 10.3. The van der Waals surface area contributed by atoms with Gasteiger partial charge < -0.3 is 11.2 Å². The van der Waals surface area contributed by atoms with Crippen LogP contribution in [0.3, 0.4) is 0 Å². The maximum atomic E-state index is 11.9. The maximum absolute atomic E-state index is 11.9. The summed E-state index contributed by atoms with van der Waals surface area (Å²) in [4.78, 5) is 34.9. The first-order valence-electron chi connectivity index (χ1n) is 6.63. The third-order valence-corrected chi connectivity index (χ3v) is 3.85. The molecule has 9 heteroatoms. The van der Waals surface area contributed by atoms with Crippen LogP contribution in [0.15, 0.2) is 34.2 Å². The summed E-state index contributed by atoms with van der Waals surface area (Å²) in [5.74, 6) is 5.19. The molecule has 3 N–H and O–H groups in total. The summed E-state index contributed by atoms with van der Waals surface area (Å²) in [6.07, 6.45) is 0. The number of hydrogen-bond acceptors (Lipinski definition) is 7. The number of ketones is 1. The molecule has 0 saturated heterocycles. The largest absolute Gasteiger partial charge is 0.334 e. The Morgan fingerprint density at radius 2 is 2.09 bits per heavy atom. The molecule has 1 aromatic heterocycles. The van der Waals surface area contributed by atoms with Gasteiger partial charge in [0.1, 0.15) is 5.69 Å². The third-order valence-electron chi connectivity index (χ3n) is 2.91. The second kappa shape index (κ2) is 7.05. The van der Waals surface area contributed by atoms with Crippen LogP contribution in [0.2, 0.25) is 0 Å². The molecular weight excluding hydrogens is 318 g/mol. The summed E-state index contributed by atoms with van der Waals surface area (Å²) in [6.45, 7) is 2.95. The predicted octanol–water partition coefficient (Wildman–Crippen LogP) is 0.594. The first-order chi connectivity index (χ1) is 10.9. The Balaban J connectivity index is 2.01. The highest BCUT2D eigenvalue weighted by Gasteiger charge is 2.11. The standard InChI is InChI=1S/C14H15N5O3S/c1-8-13(22)19(15)14(18-17-8)23-7-12(21)16-11-5-3-4-10(6-11)9(2)20/h3-6H,7,15H2,1-2H3,(H,16,21). The van der Waals surface area contributed by atoms with Gasteiger partial charge in [0.25, 0.3) is 5.56 Å². The van der Waals surface area contributed by atoms with Gasteiger partial charge in [-0.3, -0.25) is 14.4 Å². The third kappa shape index (κ3) is 4.16. The van der Waals surface area contributed by atoms with Crippen molar-refractivity contribution in [3.63, 3.8) is 0 Å². The zero-order chi connectivity index (χ0) is 17.0. The molecule has 0 radical (unpaired) electrons. The lowest BCUT2D eigenvalue weighted by atomic mass is 10.1. The minimum Gasteiger partial charge on any atom is -0.334 e. The van der Waals surface area contributed by atoms with E-state index in [1.54, 1.807) is 24.3 Å². The van der Waals surface area contributed by atoms with Crippen molar-refractivity contribution in [2.75, 3.05) is 16.9 Å². The van der Waals surface area contributed by atoms with E-state index in [4.69, 9.17) is 5.84 Å². The number of nitrogen functional groups attached to an aromatic ring is 1. The van der Waals surface area contributed by atoms with Gasteiger partial charge in [-0.15, -0.1) is 10.2 Å². The molecule has 0 bridgehead atoms. The molecule has 1 amide bonds. The van der Waals surface area contributed by atoms with Crippen LogP contribution >= 0.6 is 11.8 Å². The van der Waals surface area contributed by atoms with E-state index < -0.39 is 5.56 Å². The summed E-state index contributed by atoms with van der Waals surface area (Å²) in [7, 11) is 0. The highest BCUT2D eigenvalue weighted by Crippen LogP contribution is 2.14. The van der Waals surface area contributed by atoms with Gasteiger partial charge in [-0.1, -0.05) is 23.9 Å². The Labute approximate surface area is 136 Å². The van der Waals surface area contributed by atoms with Crippen molar-refractivity contribution in [2.45, 2.75) is 19.0 Å². The van der Waals surface area contributed by atoms with E-state index in [1.807, 2.05) is 0 Å². The number of anilines is 1. The zero-order valence-electron chi connectivity index (χ0n) is 12.6. The van der Waals surface area contributed by atoms with Crippen molar-refractivity contribution in [2.24, 2.45) is 0 Å². The van der Waals surface area contributed by atoms with Crippen LogP contribution in [0.1, 0.15) is 23.0 Å². The number of rotatable bonds is 5. The Morgan fingerprint density at radius 3 is 2.78 bits per heavy atom. The molecule has 0 spiro atoms.